The van der Waals surface area contributed by atoms with Gasteiger partial charge in [-0.25, -0.2) is 4.98 Å². The molecule has 102 valence electrons. The van der Waals surface area contributed by atoms with E-state index in [1.54, 1.807) is 20.2 Å². The SMILES string of the molecule is COc1cccnc1N1CC2CN(C(C)=O)CC2C1. The van der Waals surface area contributed by atoms with Crippen LogP contribution in [-0.4, -0.2) is 49.1 Å². The quantitative estimate of drug-likeness (QED) is 0.797. The molecule has 2 aliphatic rings. The molecule has 1 aromatic rings. The average Bonchev–Trinajstić information content (AvgIpc) is 2.96. The number of ether oxygens (including phenoxy) is 1. The zero-order valence-corrected chi connectivity index (χ0v) is 11.4. The fourth-order valence-electron chi connectivity index (χ4n) is 3.20. The lowest BCUT2D eigenvalue weighted by atomic mass is 10.0. The van der Waals surface area contributed by atoms with E-state index in [0.717, 1.165) is 37.7 Å². The molecular weight excluding hydrogens is 242 g/mol. The summed E-state index contributed by atoms with van der Waals surface area (Å²) in [5.74, 6) is 3.07. The molecule has 0 N–H and O–H groups in total. The predicted molar refractivity (Wildman–Crippen MR) is 72.2 cm³/mol. The normalized spacial score (nSPS) is 25.6. The lowest BCUT2D eigenvalue weighted by molar-refractivity contribution is -0.128. The molecule has 0 saturated carbocycles. The summed E-state index contributed by atoms with van der Waals surface area (Å²) < 4.78 is 5.37. The van der Waals surface area contributed by atoms with E-state index in [-0.39, 0.29) is 5.91 Å². The largest absolute Gasteiger partial charge is 0.493 e. The van der Waals surface area contributed by atoms with Gasteiger partial charge in [-0.3, -0.25) is 4.79 Å². The molecule has 19 heavy (non-hydrogen) atoms. The van der Waals surface area contributed by atoms with E-state index in [1.165, 1.54) is 0 Å². The Hall–Kier alpha value is -1.78. The maximum atomic E-state index is 11.4. The second-order valence-electron chi connectivity index (χ2n) is 5.38. The summed E-state index contributed by atoms with van der Waals surface area (Å²) in [5.41, 5.74) is 0. The van der Waals surface area contributed by atoms with Gasteiger partial charge in [0.2, 0.25) is 5.91 Å². The van der Waals surface area contributed by atoms with Gasteiger partial charge in [0.05, 0.1) is 7.11 Å². The van der Waals surface area contributed by atoms with Crippen molar-refractivity contribution >= 4 is 11.7 Å². The first kappa shape index (κ1) is 12.3. The maximum Gasteiger partial charge on any atom is 0.219 e. The summed E-state index contributed by atoms with van der Waals surface area (Å²) in [6, 6.07) is 3.83. The molecule has 0 spiro atoms. The van der Waals surface area contributed by atoms with Crippen LogP contribution in [0, 0.1) is 11.8 Å². The predicted octanol–water partition coefficient (Wildman–Crippen LogP) is 1.00. The Morgan fingerprint density at radius 3 is 2.58 bits per heavy atom. The lowest BCUT2D eigenvalue weighted by Gasteiger charge is -2.22. The van der Waals surface area contributed by atoms with Crippen molar-refractivity contribution in [1.29, 1.82) is 0 Å². The number of nitrogens with zero attached hydrogens (tertiary/aromatic N) is 3. The molecule has 2 fully saturated rings. The Kier molecular flexibility index (Phi) is 3.05. The molecule has 5 nitrogen and oxygen atoms in total. The van der Waals surface area contributed by atoms with Crippen molar-refractivity contribution in [2.75, 3.05) is 38.2 Å². The van der Waals surface area contributed by atoms with Crippen LogP contribution in [0.3, 0.4) is 0 Å². The summed E-state index contributed by atoms with van der Waals surface area (Å²) in [6.07, 6.45) is 1.80. The average molecular weight is 261 g/mol. The number of aromatic nitrogens is 1. The fourth-order valence-corrected chi connectivity index (χ4v) is 3.20. The van der Waals surface area contributed by atoms with Crippen LogP contribution in [-0.2, 0) is 4.79 Å². The van der Waals surface area contributed by atoms with Crippen LogP contribution >= 0.6 is 0 Å². The smallest absolute Gasteiger partial charge is 0.219 e. The van der Waals surface area contributed by atoms with Gasteiger partial charge < -0.3 is 14.5 Å². The molecule has 3 heterocycles. The number of carbonyl (C=O) groups is 1. The zero-order chi connectivity index (χ0) is 13.4. The Bertz CT molecular complexity index is 477. The van der Waals surface area contributed by atoms with Crippen LogP contribution in [0.5, 0.6) is 5.75 Å². The molecule has 2 unspecified atom stereocenters. The monoisotopic (exact) mass is 261 g/mol. The van der Waals surface area contributed by atoms with E-state index in [0.29, 0.717) is 11.8 Å². The highest BCUT2D eigenvalue weighted by Gasteiger charge is 2.41. The molecule has 0 radical (unpaired) electrons. The molecule has 2 aliphatic heterocycles. The number of likely N-dealkylation sites (tertiary alicyclic amines) is 1. The molecule has 1 amide bonds. The molecule has 3 rings (SSSR count). The number of methoxy groups -OCH3 is 1. The van der Waals surface area contributed by atoms with Crippen LogP contribution in [0.1, 0.15) is 6.92 Å². The fraction of sp³-hybridized carbons (Fsp3) is 0.571. The summed E-state index contributed by atoms with van der Waals surface area (Å²) >= 11 is 0. The number of fused-ring (bicyclic) bond motifs is 1. The second-order valence-corrected chi connectivity index (χ2v) is 5.38. The number of pyridine rings is 1. The Morgan fingerprint density at radius 2 is 2.00 bits per heavy atom. The molecule has 2 saturated heterocycles. The maximum absolute atomic E-state index is 11.4. The number of hydrogen-bond donors (Lipinski definition) is 0. The van der Waals surface area contributed by atoms with Crippen LogP contribution in [0.15, 0.2) is 18.3 Å². The molecule has 1 aromatic heterocycles. The Labute approximate surface area is 113 Å². The van der Waals surface area contributed by atoms with Gasteiger partial charge in [0.1, 0.15) is 0 Å². The van der Waals surface area contributed by atoms with Crippen molar-refractivity contribution < 1.29 is 9.53 Å². The standard InChI is InChI=1S/C14H19N3O2/c1-10(18)16-6-11-8-17(9-12(11)7-16)14-13(19-2)4-3-5-15-14/h3-5,11-12H,6-9H2,1-2H3. The topological polar surface area (TPSA) is 45.7 Å². The Balaban J connectivity index is 1.73. The zero-order valence-electron chi connectivity index (χ0n) is 11.4. The van der Waals surface area contributed by atoms with Gasteiger partial charge in [-0.1, -0.05) is 0 Å². The first-order valence-corrected chi connectivity index (χ1v) is 6.68. The summed E-state index contributed by atoms with van der Waals surface area (Å²) in [7, 11) is 1.68. The lowest BCUT2D eigenvalue weighted by Crippen LogP contribution is -2.32. The first-order valence-electron chi connectivity index (χ1n) is 6.68. The van der Waals surface area contributed by atoms with E-state index in [1.807, 2.05) is 17.0 Å². The number of hydrogen-bond acceptors (Lipinski definition) is 4. The van der Waals surface area contributed by atoms with Crippen LogP contribution in [0.4, 0.5) is 5.82 Å². The van der Waals surface area contributed by atoms with E-state index in [2.05, 4.69) is 9.88 Å². The minimum Gasteiger partial charge on any atom is -0.493 e. The highest BCUT2D eigenvalue weighted by molar-refractivity contribution is 5.73. The third-order valence-corrected chi connectivity index (χ3v) is 4.20. The van der Waals surface area contributed by atoms with Crippen molar-refractivity contribution in [2.45, 2.75) is 6.92 Å². The van der Waals surface area contributed by atoms with E-state index in [4.69, 9.17) is 4.74 Å². The summed E-state index contributed by atoms with van der Waals surface area (Å²) in [4.78, 5) is 20.1. The third-order valence-electron chi connectivity index (χ3n) is 4.20. The first-order chi connectivity index (χ1) is 9.19. The minimum absolute atomic E-state index is 0.191. The number of carbonyl (C=O) groups excluding carboxylic acids is 1. The van der Waals surface area contributed by atoms with Crippen molar-refractivity contribution in [3.05, 3.63) is 18.3 Å². The van der Waals surface area contributed by atoms with Crippen molar-refractivity contribution in [1.82, 2.24) is 9.88 Å². The van der Waals surface area contributed by atoms with Crippen molar-refractivity contribution in [3.63, 3.8) is 0 Å². The van der Waals surface area contributed by atoms with Crippen LogP contribution < -0.4 is 9.64 Å². The Morgan fingerprint density at radius 1 is 1.32 bits per heavy atom. The van der Waals surface area contributed by atoms with Crippen molar-refractivity contribution in [2.24, 2.45) is 11.8 Å². The highest BCUT2D eigenvalue weighted by atomic mass is 16.5. The number of anilines is 1. The second kappa shape index (κ2) is 4.72. The summed E-state index contributed by atoms with van der Waals surface area (Å²) in [6.45, 7) is 5.33. The van der Waals surface area contributed by atoms with Gasteiger partial charge >= 0.3 is 0 Å². The molecular formula is C14H19N3O2. The minimum atomic E-state index is 0.191. The van der Waals surface area contributed by atoms with Crippen LogP contribution in [0.2, 0.25) is 0 Å². The van der Waals surface area contributed by atoms with Crippen LogP contribution in [0.25, 0.3) is 0 Å². The highest BCUT2D eigenvalue weighted by Crippen LogP contribution is 2.36. The molecule has 5 heteroatoms. The van der Waals surface area contributed by atoms with Gasteiger partial charge in [-0.2, -0.15) is 0 Å². The number of amides is 1. The molecule has 0 bridgehead atoms. The van der Waals surface area contributed by atoms with Gasteiger partial charge in [0.25, 0.3) is 0 Å². The van der Waals surface area contributed by atoms with Gasteiger partial charge in [0, 0.05) is 51.1 Å². The van der Waals surface area contributed by atoms with Gasteiger partial charge in [-0.15, -0.1) is 0 Å². The van der Waals surface area contributed by atoms with Gasteiger partial charge in [0.15, 0.2) is 11.6 Å². The molecule has 0 aliphatic carbocycles. The molecule has 0 aromatic carbocycles. The van der Waals surface area contributed by atoms with E-state index in [9.17, 15) is 4.79 Å². The van der Waals surface area contributed by atoms with Gasteiger partial charge in [-0.05, 0) is 12.1 Å². The van der Waals surface area contributed by atoms with E-state index < -0.39 is 0 Å². The number of rotatable bonds is 2. The van der Waals surface area contributed by atoms with E-state index >= 15 is 0 Å². The summed E-state index contributed by atoms with van der Waals surface area (Å²) in [5, 5.41) is 0. The van der Waals surface area contributed by atoms with Crippen molar-refractivity contribution in [3.8, 4) is 5.75 Å². The third kappa shape index (κ3) is 2.13. The molecule has 2 atom stereocenters.